The summed E-state index contributed by atoms with van der Waals surface area (Å²) in [6, 6.07) is 13.7. The first-order valence-electron chi connectivity index (χ1n) is 6.66. The van der Waals surface area contributed by atoms with E-state index >= 15 is 0 Å². The van der Waals surface area contributed by atoms with Crippen LogP contribution in [0.5, 0.6) is 0 Å². The molecule has 0 aliphatic rings. The molecule has 2 rings (SSSR count). The van der Waals surface area contributed by atoms with Gasteiger partial charge in [-0.15, -0.1) is 0 Å². The van der Waals surface area contributed by atoms with E-state index in [4.69, 9.17) is 0 Å². The van der Waals surface area contributed by atoms with E-state index < -0.39 is 6.10 Å². The van der Waals surface area contributed by atoms with Crippen molar-refractivity contribution in [2.75, 3.05) is 20.6 Å². The van der Waals surface area contributed by atoms with E-state index in [1.807, 2.05) is 56.6 Å². The maximum Gasteiger partial charge on any atom is 0.104 e. The third-order valence-corrected chi connectivity index (χ3v) is 3.10. The van der Waals surface area contributed by atoms with Crippen molar-refractivity contribution in [2.45, 2.75) is 6.10 Å². The number of aliphatic hydroxyl groups is 1. The van der Waals surface area contributed by atoms with Crippen LogP contribution in [0.4, 0.5) is 0 Å². The fourth-order valence-electron chi connectivity index (χ4n) is 2.02. The highest BCUT2D eigenvalue weighted by Crippen LogP contribution is 2.29. The Morgan fingerprint density at radius 3 is 2.40 bits per heavy atom. The van der Waals surface area contributed by atoms with Gasteiger partial charge in [-0.3, -0.25) is 4.98 Å². The number of aliphatic hydroxyl groups excluding tert-OH is 1. The summed E-state index contributed by atoms with van der Waals surface area (Å²) in [7, 11) is 4.02. The van der Waals surface area contributed by atoms with Crippen molar-refractivity contribution in [1.82, 2.24) is 9.88 Å². The van der Waals surface area contributed by atoms with Crippen LogP contribution >= 0.6 is 0 Å². The molecule has 0 saturated heterocycles. The van der Waals surface area contributed by atoms with Crippen molar-refractivity contribution >= 4 is 5.57 Å². The minimum Gasteiger partial charge on any atom is -0.384 e. The highest BCUT2D eigenvalue weighted by atomic mass is 16.3. The fourth-order valence-corrected chi connectivity index (χ4v) is 2.02. The van der Waals surface area contributed by atoms with Gasteiger partial charge in [0.15, 0.2) is 0 Å². The maximum absolute atomic E-state index is 10.6. The molecular formula is C17H20N2O. The average Bonchev–Trinajstić information content (AvgIpc) is 2.49. The predicted octanol–water partition coefficient (Wildman–Crippen LogP) is 2.76. The van der Waals surface area contributed by atoms with Gasteiger partial charge >= 0.3 is 0 Å². The summed E-state index contributed by atoms with van der Waals surface area (Å²) in [5, 5.41) is 10.6. The lowest BCUT2D eigenvalue weighted by Crippen LogP contribution is -2.12. The lowest BCUT2D eigenvalue weighted by atomic mass is 9.95. The molecule has 3 heteroatoms. The molecule has 1 aromatic heterocycles. The molecular weight excluding hydrogens is 248 g/mol. The highest BCUT2D eigenvalue weighted by Gasteiger charge is 2.14. The Labute approximate surface area is 120 Å². The fraction of sp³-hybridized carbons (Fsp3) is 0.235. The smallest absolute Gasteiger partial charge is 0.104 e. The maximum atomic E-state index is 10.6. The summed E-state index contributed by atoms with van der Waals surface area (Å²) >= 11 is 0. The van der Waals surface area contributed by atoms with E-state index in [9.17, 15) is 5.11 Å². The van der Waals surface area contributed by atoms with Crippen LogP contribution in [0.15, 0.2) is 60.9 Å². The molecule has 0 fully saturated rings. The van der Waals surface area contributed by atoms with Crippen molar-refractivity contribution in [1.29, 1.82) is 0 Å². The van der Waals surface area contributed by atoms with Crippen molar-refractivity contribution < 1.29 is 5.11 Å². The van der Waals surface area contributed by atoms with Crippen LogP contribution in [-0.2, 0) is 0 Å². The third kappa shape index (κ3) is 3.76. The molecule has 1 N–H and O–H groups in total. The van der Waals surface area contributed by atoms with E-state index in [0.29, 0.717) is 0 Å². The third-order valence-electron chi connectivity index (χ3n) is 3.10. The van der Waals surface area contributed by atoms with E-state index in [1.165, 1.54) is 0 Å². The summed E-state index contributed by atoms with van der Waals surface area (Å²) in [6.07, 6.45) is 4.83. The zero-order valence-electron chi connectivity index (χ0n) is 11.9. The van der Waals surface area contributed by atoms with Crippen molar-refractivity contribution in [3.05, 3.63) is 72.1 Å². The summed E-state index contributed by atoms with van der Waals surface area (Å²) in [6.45, 7) is 0.784. The van der Waals surface area contributed by atoms with Gasteiger partial charge in [-0.05, 0) is 42.9 Å². The van der Waals surface area contributed by atoms with Gasteiger partial charge in [-0.1, -0.05) is 36.4 Å². The lowest BCUT2D eigenvalue weighted by Gasteiger charge is -2.17. The van der Waals surface area contributed by atoms with Crippen LogP contribution < -0.4 is 0 Å². The van der Waals surface area contributed by atoms with Gasteiger partial charge in [-0.2, -0.15) is 0 Å². The molecule has 3 nitrogen and oxygen atoms in total. The molecule has 0 radical (unpaired) electrons. The first-order chi connectivity index (χ1) is 9.68. The number of pyridine rings is 1. The van der Waals surface area contributed by atoms with Gasteiger partial charge < -0.3 is 10.0 Å². The number of hydrogen-bond acceptors (Lipinski definition) is 3. The summed E-state index contributed by atoms with van der Waals surface area (Å²) in [4.78, 5) is 6.07. The molecule has 0 aliphatic heterocycles. The molecule has 0 amide bonds. The highest BCUT2D eigenvalue weighted by molar-refractivity contribution is 5.70. The molecule has 20 heavy (non-hydrogen) atoms. The number of likely N-dealkylation sites (N-methyl/N-ethyl adjacent to an activating group) is 1. The van der Waals surface area contributed by atoms with Gasteiger partial charge in [0.2, 0.25) is 0 Å². The van der Waals surface area contributed by atoms with Gasteiger partial charge in [-0.25, -0.2) is 0 Å². The summed E-state index contributed by atoms with van der Waals surface area (Å²) in [5.74, 6) is 0. The molecule has 0 saturated carbocycles. The molecule has 104 valence electrons. The normalized spacial score (nSPS) is 13.5. The Hall–Kier alpha value is -1.97. The summed E-state index contributed by atoms with van der Waals surface area (Å²) in [5.41, 5.74) is 2.82. The van der Waals surface area contributed by atoms with E-state index in [-0.39, 0.29) is 0 Å². The molecule has 0 bridgehead atoms. The Bertz CT molecular complexity index is 550. The second-order valence-corrected chi connectivity index (χ2v) is 4.97. The molecule has 1 aromatic carbocycles. The van der Waals surface area contributed by atoms with Gasteiger partial charge in [0.05, 0.1) is 0 Å². The van der Waals surface area contributed by atoms with Gasteiger partial charge in [0.1, 0.15) is 6.10 Å². The zero-order chi connectivity index (χ0) is 14.4. The number of rotatable bonds is 5. The Morgan fingerprint density at radius 2 is 1.80 bits per heavy atom. The monoisotopic (exact) mass is 268 g/mol. The molecule has 1 atom stereocenters. The molecule has 2 aromatic rings. The molecule has 0 aliphatic carbocycles. The van der Waals surface area contributed by atoms with E-state index in [1.54, 1.807) is 12.4 Å². The predicted molar refractivity (Wildman–Crippen MR) is 82.2 cm³/mol. The topological polar surface area (TPSA) is 36.4 Å². The summed E-state index contributed by atoms with van der Waals surface area (Å²) < 4.78 is 0. The van der Waals surface area contributed by atoms with E-state index in [2.05, 4.69) is 16.0 Å². The van der Waals surface area contributed by atoms with Crippen LogP contribution in [-0.4, -0.2) is 35.6 Å². The Balaban J connectivity index is 2.34. The molecule has 1 heterocycles. The number of nitrogens with zero attached hydrogens (tertiary/aromatic N) is 2. The largest absolute Gasteiger partial charge is 0.384 e. The van der Waals surface area contributed by atoms with Crippen molar-refractivity contribution in [3.8, 4) is 0 Å². The first kappa shape index (κ1) is 14.4. The lowest BCUT2D eigenvalue weighted by molar-refractivity contribution is 0.237. The van der Waals surface area contributed by atoms with Gasteiger partial charge in [0.25, 0.3) is 0 Å². The Kier molecular flexibility index (Phi) is 5.04. The quantitative estimate of drug-likeness (QED) is 0.906. The van der Waals surface area contributed by atoms with Crippen LogP contribution in [0.2, 0.25) is 0 Å². The van der Waals surface area contributed by atoms with Gasteiger partial charge in [0, 0.05) is 18.9 Å². The van der Waals surface area contributed by atoms with Crippen LogP contribution in [0.3, 0.4) is 0 Å². The number of aromatic nitrogens is 1. The zero-order valence-corrected chi connectivity index (χ0v) is 11.9. The van der Waals surface area contributed by atoms with Crippen LogP contribution in [0, 0.1) is 0 Å². The minimum atomic E-state index is -0.639. The Morgan fingerprint density at radius 1 is 1.15 bits per heavy atom. The minimum absolute atomic E-state index is 0.639. The standard InChI is InChI=1S/C17H20N2O/c1-19(2)13-10-16(14-6-4-3-5-7-14)17(20)15-8-11-18-12-9-15/h3-12,17,20H,13H2,1-2H3. The first-order valence-corrected chi connectivity index (χ1v) is 6.66. The SMILES string of the molecule is CN(C)CC=C(c1ccccc1)C(O)c1ccncc1. The van der Waals surface area contributed by atoms with Crippen molar-refractivity contribution in [2.24, 2.45) is 0 Å². The average molecular weight is 268 g/mol. The van der Waals surface area contributed by atoms with Crippen LogP contribution in [0.25, 0.3) is 5.57 Å². The molecule has 0 spiro atoms. The second kappa shape index (κ2) is 6.98. The van der Waals surface area contributed by atoms with E-state index in [0.717, 1.165) is 23.2 Å². The second-order valence-electron chi connectivity index (χ2n) is 4.97. The van der Waals surface area contributed by atoms with Crippen LogP contribution in [0.1, 0.15) is 17.2 Å². The number of benzene rings is 1. The molecule has 1 unspecified atom stereocenters. The number of hydrogen-bond donors (Lipinski definition) is 1. The van der Waals surface area contributed by atoms with Crippen molar-refractivity contribution in [3.63, 3.8) is 0 Å².